The Morgan fingerprint density at radius 2 is 2.27 bits per heavy atom. The van der Waals surface area contributed by atoms with Crippen molar-refractivity contribution in [2.75, 3.05) is 7.11 Å². The molecule has 0 heterocycles. The summed E-state index contributed by atoms with van der Waals surface area (Å²) >= 11 is 4.01. The number of benzene rings is 1. The number of nitriles is 1. The van der Waals surface area contributed by atoms with Crippen LogP contribution in [0.25, 0.3) is 0 Å². The average Bonchev–Trinajstić information content (AvgIpc) is 2.27. The van der Waals surface area contributed by atoms with Crippen molar-refractivity contribution in [3.8, 4) is 6.07 Å². The van der Waals surface area contributed by atoms with Gasteiger partial charge in [0, 0.05) is 10.5 Å². The molecule has 0 aliphatic rings. The largest absolute Gasteiger partial charge is 0.465 e. The van der Waals surface area contributed by atoms with E-state index in [9.17, 15) is 9.59 Å². The Morgan fingerprint density at radius 3 is 2.73 bits per heavy atom. The van der Waals surface area contributed by atoms with Gasteiger partial charge in [0.25, 0.3) is 0 Å². The van der Waals surface area contributed by atoms with E-state index in [0.29, 0.717) is 11.2 Å². The minimum Gasteiger partial charge on any atom is -0.465 e. The molecule has 0 fully saturated rings. The number of aldehydes is 1. The summed E-state index contributed by atoms with van der Waals surface area (Å²) in [5.74, 6) is -0.651. The first kappa shape index (κ1) is 11.3. The number of hydrogen-bond donors (Lipinski definition) is 1. The molecule has 0 spiro atoms. The number of esters is 1. The Hall–Kier alpha value is -1.80. The molecule has 15 heavy (non-hydrogen) atoms. The quantitative estimate of drug-likeness (QED) is 0.466. The van der Waals surface area contributed by atoms with Crippen molar-refractivity contribution in [1.82, 2.24) is 0 Å². The van der Waals surface area contributed by atoms with Crippen LogP contribution < -0.4 is 0 Å². The molecule has 76 valence electrons. The number of methoxy groups -OCH3 is 1. The second-order valence-electron chi connectivity index (χ2n) is 2.64. The van der Waals surface area contributed by atoms with Crippen molar-refractivity contribution in [2.24, 2.45) is 0 Å². The first-order valence-electron chi connectivity index (χ1n) is 3.95. The highest BCUT2D eigenvalue weighted by Gasteiger charge is 2.16. The van der Waals surface area contributed by atoms with Crippen LogP contribution in [0.15, 0.2) is 17.0 Å². The predicted molar refractivity (Wildman–Crippen MR) is 55.1 cm³/mol. The summed E-state index contributed by atoms with van der Waals surface area (Å²) in [4.78, 5) is 22.4. The lowest BCUT2D eigenvalue weighted by Gasteiger charge is -2.05. The van der Waals surface area contributed by atoms with Gasteiger partial charge in [-0.25, -0.2) is 4.79 Å². The molecule has 0 radical (unpaired) electrons. The standard InChI is InChI=1S/C10H7NO3S/c1-14-10(13)6-2-3-9(15)7(4-11)8(6)5-12/h2-3,5,15H,1H3. The molecule has 5 heteroatoms. The highest BCUT2D eigenvalue weighted by atomic mass is 32.1. The first-order valence-corrected chi connectivity index (χ1v) is 4.40. The lowest BCUT2D eigenvalue weighted by molar-refractivity contribution is 0.0598. The van der Waals surface area contributed by atoms with Crippen LogP contribution in [0.1, 0.15) is 26.3 Å². The summed E-state index contributed by atoms with van der Waals surface area (Å²) in [6.07, 6.45) is 0.449. The average molecular weight is 221 g/mol. The molecule has 1 aromatic carbocycles. The van der Waals surface area contributed by atoms with Gasteiger partial charge in [-0.2, -0.15) is 5.26 Å². The van der Waals surface area contributed by atoms with E-state index in [1.165, 1.54) is 19.2 Å². The molecular weight excluding hydrogens is 214 g/mol. The van der Waals surface area contributed by atoms with Gasteiger partial charge < -0.3 is 4.74 Å². The summed E-state index contributed by atoms with van der Waals surface area (Å²) in [6.45, 7) is 0. The number of thiol groups is 1. The molecule has 0 aromatic heterocycles. The van der Waals surface area contributed by atoms with Crippen LogP contribution in [0.2, 0.25) is 0 Å². The third-order valence-electron chi connectivity index (χ3n) is 1.86. The van der Waals surface area contributed by atoms with Crippen LogP contribution >= 0.6 is 12.6 Å². The lowest BCUT2D eigenvalue weighted by Crippen LogP contribution is -2.07. The molecule has 0 bridgehead atoms. The monoisotopic (exact) mass is 221 g/mol. The zero-order valence-electron chi connectivity index (χ0n) is 7.85. The Morgan fingerprint density at radius 1 is 1.60 bits per heavy atom. The maximum Gasteiger partial charge on any atom is 0.338 e. The molecule has 1 aromatic rings. The van der Waals surface area contributed by atoms with Gasteiger partial charge in [0.1, 0.15) is 6.07 Å². The van der Waals surface area contributed by atoms with Gasteiger partial charge in [0.05, 0.1) is 18.2 Å². The molecule has 0 aliphatic carbocycles. The molecule has 0 amide bonds. The first-order chi connectivity index (χ1) is 7.15. The van der Waals surface area contributed by atoms with Gasteiger partial charge in [0.15, 0.2) is 6.29 Å². The fourth-order valence-corrected chi connectivity index (χ4v) is 1.38. The highest BCUT2D eigenvalue weighted by molar-refractivity contribution is 7.80. The molecule has 0 saturated carbocycles. The van der Waals surface area contributed by atoms with E-state index < -0.39 is 5.97 Å². The molecule has 4 nitrogen and oxygen atoms in total. The van der Waals surface area contributed by atoms with Gasteiger partial charge in [-0.15, -0.1) is 12.6 Å². The van der Waals surface area contributed by atoms with Crippen molar-refractivity contribution in [3.05, 3.63) is 28.8 Å². The van der Waals surface area contributed by atoms with Crippen LogP contribution in [0.5, 0.6) is 0 Å². The lowest BCUT2D eigenvalue weighted by atomic mass is 10.0. The van der Waals surface area contributed by atoms with Gasteiger partial charge in [-0.3, -0.25) is 4.79 Å². The molecule has 0 aliphatic heterocycles. The van der Waals surface area contributed by atoms with Crippen molar-refractivity contribution in [3.63, 3.8) is 0 Å². The van der Waals surface area contributed by atoms with Crippen LogP contribution in [0.3, 0.4) is 0 Å². The molecule has 0 unspecified atom stereocenters. The normalized spacial score (nSPS) is 9.13. The molecule has 0 atom stereocenters. The Labute approximate surface area is 91.9 Å². The smallest absolute Gasteiger partial charge is 0.338 e. The molecular formula is C10H7NO3S. The second kappa shape index (κ2) is 4.62. The van der Waals surface area contributed by atoms with Crippen molar-refractivity contribution < 1.29 is 14.3 Å². The molecule has 1 rings (SSSR count). The van der Waals surface area contributed by atoms with Crippen LogP contribution in [-0.4, -0.2) is 19.4 Å². The Bertz CT molecular complexity index is 462. The number of nitrogens with zero attached hydrogens (tertiary/aromatic N) is 1. The van der Waals surface area contributed by atoms with E-state index >= 15 is 0 Å². The van der Waals surface area contributed by atoms with Crippen molar-refractivity contribution in [1.29, 1.82) is 5.26 Å². The number of carbonyl (C=O) groups excluding carboxylic acids is 2. The summed E-state index contributed by atoms with van der Waals surface area (Å²) < 4.78 is 4.49. The van der Waals surface area contributed by atoms with E-state index in [2.05, 4.69) is 17.4 Å². The summed E-state index contributed by atoms with van der Waals surface area (Å²) in [7, 11) is 1.21. The van der Waals surface area contributed by atoms with Gasteiger partial charge in [0.2, 0.25) is 0 Å². The summed E-state index contributed by atoms with van der Waals surface area (Å²) in [5, 5.41) is 8.80. The Balaban J connectivity index is 3.50. The van der Waals surface area contributed by atoms with Gasteiger partial charge in [-0.05, 0) is 12.1 Å². The van der Waals surface area contributed by atoms with Crippen molar-refractivity contribution in [2.45, 2.75) is 4.90 Å². The third-order valence-corrected chi connectivity index (χ3v) is 2.23. The SMILES string of the molecule is COC(=O)c1ccc(S)c(C#N)c1C=O. The predicted octanol–water partition coefficient (Wildman–Crippen LogP) is 1.45. The minimum atomic E-state index is -0.651. The number of hydrogen-bond acceptors (Lipinski definition) is 5. The Kier molecular flexibility index (Phi) is 3.47. The van der Waals surface area contributed by atoms with E-state index in [0.717, 1.165) is 0 Å². The third kappa shape index (κ3) is 2.00. The zero-order chi connectivity index (χ0) is 11.4. The molecule has 0 saturated heterocycles. The fourth-order valence-electron chi connectivity index (χ4n) is 1.14. The zero-order valence-corrected chi connectivity index (χ0v) is 8.75. The highest BCUT2D eigenvalue weighted by Crippen LogP contribution is 2.20. The van der Waals surface area contributed by atoms with E-state index in [4.69, 9.17) is 5.26 Å². The van der Waals surface area contributed by atoms with E-state index in [1.54, 1.807) is 0 Å². The summed E-state index contributed by atoms with van der Waals surface area (Å²) in [6, 6.07) is 4.69. The van der Waals surface area contributed by atoms with Crippen molar-refractivity contribution >= 4 is 24.9 Å². The minimum absolute atomic E-state index is 0.0110. The van der Waals surface area contributed by atoms with Crippen LogP contribution in [0.4, 0.5) is 0 Å². The maximum absolute atomic E-state index is 11.3. The van der Waals surface area contributed by atoms with Gasteiger partial charge >= 0.3 is 5.97 Å². The second-order valence-corrected chi connectivity index (χ2v) is 3.12. The fraction of sp³-hybridized carbons (Fsp3) is 0.100. The van der Waals surface area contributed by atoms with Crippen LogP contribution in [-0.2, 0) is 4.74 Å². The number of rotatable bonds is 2. The topological polar surface area (TPSA) is 67.2 Å². The maximum atomic E-state index is 11.3. The van der Waals surface area contributed by atoms with Crippen LogP contribution in [0, 0.1) is 11.3 Å². The number of ether oxygens (including phenoxy) is 1. The number of carbonyl (C=O) groups is 2. The van der Waals surface area contributed by atoms with E-state index in [1.807, 2.05) is 6.07 Å². The molecule has 0 N–H and O–H groups in total. The van der Waals surface area contributed by atoms with E-state index in [-0.39, 0.29) is 16.7 Å². The van der Waals surface area contributed by atoms with Gasteiger partial charge in [-0.1, -0.05) is 0 Å². The summed E-state index contributed by atoms with van der Waals surface area (Å²) in [5.41, 5.74) is 0.162.